The van der Waals surface area contributed by atoms with Gasteiger partial charge in [0.05, 0.1) is 0 Å². The van der Waals surface area contributed by atoms with Gasteiger partial charge in [0, 0.05) is 15.0 Å². The van der Waals surface area contributed by atoms with Gasteiger partial charge in [-0.25, -0.2) is 0 Å². The van der Waals surface area contributed by atoms with Crippen molar-refractivity contribution in [3.63, 3.8) is 0 Å². The van der Waals surface area contributed by atoms with Gasteiger partial charge in [0.15, 0.2) is 0 Å². The van der Waals surface area contributed by atoms with E-state index in [2.05, 4.69) is 31.9 Å². The van der Waals surface area contributed by atoms with Crippen LogP contribution >= 0.6 is 43.5 Å². The summed E-state index contributed by atoms with van der Waals surface area (Å²) in [5, 5.41) is 0.312. The van der Waals surface area contributed by atoms with E-state index < -0.39 is 0 Å². The molecule has 0 nitrogen and oxygen atoms in total. The fourth-order valence-corrected chi connectivity index (χ4v) is 3.05. The second-order valence-electron chi connectivity index (χ2n) is 2.80. The minimum atomic E-state index is 0.312. The molecule has 0 heterocycles. The molecule has 0 amide bonds. The summed E-state index contributed by atoms with van der Waals surface area (Å²) in [5.41, 5.74) is 0. The molecule has 3 atom stereocenters. The van der Waals surface area contributed by atoms with Crippen molar-refractivity contribution in [2.75, 3.05) is 0 Å². The lowest BCUT2D eigenvalue weighted by atomic mass is 10.2. The molecule has 3 unspecified atom stereocenters. The van der Waals surface area contributed by atoms with Crippen LogP contribution in [0.3, 0.4) is 0 Å². The fraction of sp³-hybridized carbons (Fsp3) is 1.00. The minimum absolute atomic E-state index is 0.312. The lowest BCUT2D eigenvalue weighted by molar-refractivity contribution is 0.725. The highest BCUT2D eigenvalue weighted by atomic mass is 79.9. The van der Waals surface area contributed by atoms with Crippen LogP contribution in [0.5, 0.6) is 0 Å². The van der Waals surface area contributed by atoms with E-state index in [9.17, 15) is 0 Å². The van der Waals surface area contributed by atoms with Gasteiger partial charge in [-0.3, -0.25) is 0 Å². The quantitative estimate of drug-likeness (QED) is 0.471. The van der Waals surface area contributed by atoms with Crippen molar-refractivity contribution in [1.82, 2.24) is 0 Å². The summed E-state index contributed by atoms with van der Waals surface area (Å²) >= 11 is 13.3. The predicted octanol–water partition coefficient (Wildman–Crippen LogP) is 3.69. The molecular formula is C7H11Br2Cl. The van der Waals surface area contributed by atoms with E-state index in [1.165, 1.54) is 19.3 Å². The van der Waals surface area contributed by atoms with E-state index >= 15 is 0 Å². The van der Waals surface area contributed by atoms with E-state index in [0.29, 0.717) is 15.0 Å². The van der Waals surface area contributed by atoms with Gasteiger partial charge in [-0.1, -0.05) is 38.3 Å². The average molecular weight is 290 g/mol. The minimum Gasteiger partial charge on any atom is -0.122 e. The van der Waals surface area contributed by atoms with Crippen molar-refractivity contribution in [2.24, 2.45) is 0 Å². The van der Waals surface area contributed by atoms with E-state index in [0.717, 1.165) is 6.42 Å². The fourth-order valence-electron chi connectivity index (χ4n) is 1.23. The molecule has 0 aromatic heterocycles. The highest BCUT2D eigenvalue weighted by Gasteiger charge is 2.22. The van der Waals surface area contributed by atoms with E-state index in [-0.39, 0.29) is 0 Å². The van der Waals surface area contributed by atoms with Crippen molar-refractivity contribution in [3.8, 4) is 0 Å². The number of alkyl halides is 3. The van der Waals surface area contributed by atoms with E-state index in [4.69, 9.17) is 11.6 Å². The van der Waals surface area contributed by atoms with Crippen LogP contribution in [0, 0.1) is 0 Å². The molecule has 1 saturated carbocycles. The molecule has 0 saturated heterocycles. The van der Waals surface area contributed by atoms with Crippen molar-refractivity contribution >= 4 is 43.5 Å². The topological polar surface area (TPSA) is 0 Å². The monoisotopic (exact) mass is 288 g/mol. The summed E-state index contributed by atoms with van der Waals surface area (Å²) in [6, 6.07) is 0. The van der Waals surface area contributed by atoms with Gasteiger partial charge in [0.2, 0.25) is 0 Å². The van der Waals surface area contributed by atoms with Gasteiger partial charge in [0.25, 0.3) is 0 Å². The van der Waals surface area contributed by atoms with E-state index in [1.807, 2.05) is 0 Å². The molecule has 0 spiro atoms. The summed E-state index contributed by atoms with van der Waals surface area (Å²) in [5.74, 6) is 0. The molecule has 0 radical (unpaired) electrons. The van der Waals surface area contributed by atoms with Gasteiger partial charge in [0.1, 0.15) is 0 Å². The molecule has 3 heteroatoms. The summed E-state index contributed by atoms with van der Waals surface area (Å²) in [4.78, 5) is 1.16. The Bertz CT molecular complexity index is 108. The van der Waals surface area contributed by atoms with Gasteiger partial charge in [-0.15, -0.1) is 11.6 Å². The number of rotatable bonds is 0. The van der Waals surface area contributed by atoms with Crippen LogP contribution in [0.1, 0.15) is 25.7 Å². The first-order valence-corrected chi connectivity index (χ1v) is 5.89. The first-order chi connectivity index (χ1) is 4.70. The largest absolute Gasteiger partial charge is 0.122 e. The normalized spacial score (nSPS) is 42.9. The zero-order valence-electron chi connectivity index (χ0n) is 5.69. The van der Waals surface area contributed by atoms with Gasteiger partial charge < -0.3 is 0 Å². The molecular weight excluding hydrogens is 279 g/mol. The molecule has 0 aromatic carbocycles. The first kappa shape index (κ1) is 9.34. The summed E-state index contributed by atoms with van der Waals surface area (Å²) in [6.45, 7) is 0. The van der Waals surface area contributed by atoms with Crippen LogP contribution in [-0.4, -0.2) is 15.0 Å². The number of halogens is 3. The average Bonchev–Trinajstić information content (AvgIpc) is 1.96. The first-order valence-electron chi connectivity index (χ1n) is 3.62. The Balaban J connectivity index is 2.41. The zero-order valence-corrected chi connectivity index (χ0v) is 9.62. The van der Waals surface area contributed by atoms with Gasteiger partial charge >= 0.3 is 0 Å². The Kier molecular flexibility index (Phi) is 4.03. The standard InChI is InChI=1S/C7H11Br2Cl/c8-5-2-1-3-6(9)7(10)4-5/h5-7H,1-4H2. The molecule has 0 N–H and O–H groups in total. The molecule has 10 heavy (non-hydrogen) atoms. The summed E-state index contributed by atoms with van der Waals surface area (Å²) < 4.78 is 0. The highest BCUT2D eigenvalue weighted by Crippen LogP contribution is 2.30. The highest BCUT2D eigenvalue weighted by molar-refractivity contribution is 9.09. The Morgan fingerprint density at radius 1 is 1.20 bits per heavy atom. The molecule has 1 fully saturated rings. The number of hydrogen-bond acceptors (Lipinski definition) is 0. The SMILES string of the molecule is ClC1CC(Br)CCCC1Br. The third kappa shape index (κ3) is 2.71. The molecule has 1 aliphatic rings. The zero-order chi connectivity index (χ0) is 7.56. The maximum Gasteiger partial charge on any atom is 0.0471 e. The van der Waals surface area contributed by atoms with Crippen molar-refractivity contribution in [2.45, 2.75) is 40.7 Å². The Labute approximate surface area is 84.0 Å². The Morgan fingerprint density at radius 2 is 1.90 bits per heavy atom. The maximum atomic E-state index is 6.09. The van der Waals surface area contributed by atoms with Crippen LogP contribution in [0.2, 0.25) is 0 Å². The second-order valence-corrected chi connectivity index (χ2v) is 5.83. The van der Waals surface area contributed by atoms with Crippen LogP contribution < -0.4 is 0 Å². The van der Waals surface area contributed by atoms with Gasteiger partial charge in [-0.2, -0.15) is 0 Å². The summed E-state index contributed by atoms with van der Waals surface area (Å²) in [7, 11) is 0. The van der Waals surface area contributed by atoms with Crippen molar-refractivity contribution < 1.29 is 0 Å². The third-order valence-corrected chi connectivity index (χ3v) is 4.58. The van der Waals surface area contributed by atoms with Crippen LogP contribution in [-0.2, 0) is 0 Å². The molecule has 1 aliphatic carbocycles. The van der Waals surface area contributed by atoms with Crippen LogP contribution in [0.15, 0.2) is 0 Å². The number of hydrogen-bond donors (Lipinski definition) is 0. The van der Waals surface area contributed by atoms with Crippen molar-refractivity contribution in [1.29, 1.82) is 0 Å². The smallest absolute Gasteiger partial charge is 0.0471 e. The van der Waals surface area contributed by atoms with E-state index in [1.54, 1.807) is 0 Å². The molecule has 60 valence electrons. The Hall–Kier alpha value is 1.25. The molecule has 0 bridgehead atoms. The third-order valence-electron chi connectivity index (χ3n) is 1.87. The lowest BCUT2D eigenvalue weighted by Gasteiger charge is -2.12. The van der Waals surface area contributed by atoms with Crippen LogP contribution in [0.25, 0.3) is 0 Å². The molecule has 0 aromatic rings. The molecule has 1 rings (SSSR count). The maximum absolute atomic E-state index is 6.09. The molecule has 0 aliphatic heterocycles. The Morgan fingerprint density at radius 3 is 2.60 bits per heavy atom. The van der Waals surface area contributed by atoms with Gasteiger partial charge in [-0.05, 0) is 19.3 Å². The van der Waals surface area contributed by atoms with Crippen LogP contribution in [0.4, 0.5) is 0 Å². The summed E-state index contributed by atoms with van der Waals surface area (Å²) in [6.07, 6.45) is 4.87. The van der Waals surface area contributed by atoms with Crippen molar-refractivity contribution in [3.05, 3.63) is 0 Å². The second kappa shape index (κ2) is 4.32. The lowest BCUT2D eigenvalue weighted by Crippen LogP contribution is -2.14. The predicted molar refractivity (Wildman–Crippen MR) is 53.5 cm³/mol.